The third kappa shape index (κ3) is 2.42. The molecule has 18 heavy (non-hydrogen) atoms. The van der Waals surface area contributed by atoms with E-state index in [4.69, 9.17) is 0 Å². The highest BCUT2D eigenvalue weighted by atomic mass is 16.6. The number of nitro benzene ring substituents is 1. The average Bonchev–Trinajstić information content (AvgIpc) is 2.68. The number of rotatable bonds is 4. The highest BCUT2D eigenvalue weighted by molar-refractivity contribution is 5.79. The molecule has 6 nitrogen and oxygen atoms in total. The Bertz CT molecular complexity index is 589. The summed E-state index contributed by atoms with van der Waals surface area (Å²) in [4.78, 5) is 17.7. The van der Waals surface area contributed by atoms with Gasteiger partial charge in [0.05, 0.1) is 16.0 Å². The van der Waals surface area contributed by atoms with Gasteiger partial charge in [0.2, 0.25) is 5.95 Å². The van der Waals surface area contributed by atoms with Crippen LogP contribution in [0, 0.1) is 10.1 Å². The van der Waals surface area contributed by atoms with Crippen molar-refractivity contribution in [2.24, 2.45) is 0 Å². The van der Waals surface area contributed by atoms with Crippen LogP contribution in [0.2, 0.25) is 0 Å². The first kappa shape index (κ1) is 12.3. The number of fused-ring (bicyclic) bond motifs is 1. The molecule has 0 atom stereocenters. The third-order valence-electron chi connectivity index (χ3n) is 3.02. The molecule has 1 aromatic carbocycles. The highest BCUT2D eigenvalue weighted by Gasteiger charge is 2.17. The summed E-state index contributed by atoms with van der Waals surface area (Å²) >= 11 is 0. The minimum Gasteiger partial charge on any atom is -0.351 e. The van der Waals surface area contributed by atoms with Gasteiger partial charge in [0.1, 0.15) is 0 Å². The van der Waals surface area contributed by atoms with Crippen LogP contribution < -0.4 is 5.32 Å². The van der Waals surface area contributed by atoms with Crippen LogP contribution in [0.5, 0.6) is 0 Å². The Morgan fingerprint density at radius 2 is 2.22 bits per heavy atom. The molecule has 0 amide bonds. The summed E-state index contributed by atoms with van der Waals surface area (Å²) in [6.45, 7) is 6.23. The molecule has 6 heteroatoms. The lowest BCUT2D eigenvalue weighted by Gasteiger charge is -2.23. The molecule has 2 rings (SSSR count). The second kappa shape index (κ2) is 4.29. The Morgan fingerprint density at radius 1 is 1.50 bits per heavy atom. The van der Waals surface area contributed by atoms with E-state index >= 15 is 0 Å². The van der Waals surface area contributed by atoms with Gasteiger partial charge in [-0.2, -0.15) is 0 Å². The zero-order chi connectivity index (χ0) is 13.3. The zero-order valence-electron chi connectivity index (χ0n) is 10.7. The lowest BCUT2D eigenvalue weighted by molar-refractivity contribution is -0.384. The van der Waals surface area contributed by atoms with Crippen molar-refractivity contribution < 1.29 is 4.92 Å². The fourth-order valence-electron chi connectivity index (χ4n) is 1.58. The van der Waals surface area contributed by atoms with Crippen LogP contribution in [-0.2, 0) is 0 Å². The Morgan fingerprint density at radius 3 is 2.83 bits per heavy atom. The van der Waals surface area contributed by atoms with E-state index in [1.807, 2.05) is 0 Å². The maximum absolute atomic E-state index is 10.7. The monoisotopic (exact) mass is 248 g/mol. The molecule has 1 heterocycles. The van der Waals surface area contributed by atoms with Crippen LogP contribution in [0.3, 0.4) is 0 Å². The lowest BCUT2D eigenvalue weighted by atomic mass is 10.0. The summed E-state index contributed by atoms with van der Waals surface area (Å²) in [5, 5.41) is 14.0. The number of anilines is 1. The second-order valence-corrected chi connectivity index (χ2v) is 4.91. The van der Waals surface area contributed by atoms with E-state index in [1.165, 1.54) is 12.1 Å². The van der Waals surface area contributed by atoms with Crippen molar-refractivity contribution >= 4 is 22.7 Å². The number of nitrogens with zero attached hydrogens (tertiary/aromatic N) is 2. The minimum absolute atomic E-state index is 0.0625. The summed E-state index contributed by atoms with van der Waals surface area (Å²) < 4.78 is 0. The van der Waals surface area contributed by atoms with Gasteiger partial charge in [0.15, 0.2) is 0 Å². The van der Waals surface area contributed by atoms with Gasteiger partial charge in [-0.15, -0.1) is 0 Å². The van der Waals surface area contributed by atoms with Crippen molar-refractivity contribution in [3.8, 4) is 0 Å². The summed E-state index contributed by atoms with van der Waals surface area (Å²) in [6, 6.07) is 4.60. The molecule has 0 bridgehead atoms. The summed E-state index contributed by atoms with van der Waals surface area (Å²) in [5.74, 6) is 0.636. The molecule has 0 aliphatic carbocycles. The number of non-ortho nitro benzene ring substituents is 1. The Labute approximate surface area is 105 Å². The number of hydrogen-bond donors (Lipinski definition) is 2. The van der Waals surface area contributed by atoms with Crippen LogP contribution >= 0.6 is 0 Å². The number of hydrogen-bond acceptors (Lipinski definition) is 4. The van der Waals surface area contributed by atoms with Crippen molar-refractivity contribution in [3.05, 3.63) is 28.3 Å². The van der Waals surface area contributed by atoms with Gasteiger partial charge < -0.3 is 10.3 Å². The number of H-pyrrole nitrogens is 1. The molecule has 1 aromatic heterocycles. The van der Waals surface area contributed by atoms with Crippen LogP contribution in [-0.4, -0.2) is 20.4 Å². The molecule has 2 aromatic rings. The number of aromatic nitrogens is 2. The van der Waals surface area contributed by atoms with Gasteiger partial charge in [-0.1, -0.05) is 6.92 Å². The number of nitro groups is 1. The fourth-order valence-corrected chi connectivity index (χ4v) is 1.58. The molecule has 0 unspecified atom stereocenters. The molecule has 0 fully saturated rings. The van der Waals surface area contributed by atoms with Gasteiger partial charge in [-0.05, 0) is 26.3 Å². The predicted octanol–water partition coefficient (Wildman–Crippen LogP) is 3.07. The van der Waals surface area contributed by atoms with E-state index in [-0.39, 0.29) is 11.2 Å². The average molecular weight is 248 g/mol. The SMILES string of the molecule is CCC(C)(C)Nc1nc2ccc([N+](=O)[O-])cc2[nH]1. The number of aromatic amines is 1. The van der Waals surface area contributed by atoms with Gasteiger partial charge in [0.25, 0.3) is 5.69 Å². The van der Waals surface area contributed by atoms with E-state index in [0.717, 1.165) is 11.9 Å². The van der Waals surface area contributed by atoms with Crippen LogP contribution in [0.15, 0.2) is 18.2 Å². The molecule has 2 N–H and O–H groups in total. The van der Waals surface area contributed by atoms with Crippen LogP contribution in [0.25, 0.3) is 11.0 Å². The van der Waals surface area contributed by atoms with Gasteiger partial charge in [-0.25, -0.2) is 4.98 Å². The third-order valence-corrected chi connectivity index (χ3v) is 3.02. The van der Waals surface area contributed by atoms with Crippen LogP contribution in [0.1, 0.15) is 27.2 Å². The molecule has 0 radical (unpaired) electrons. The van der Waals surface area contributed by atoms with Crippen molar-refractivity contribution in [1.82, 2.24) is 9.97 Å². The lowest BCUT2D eigenvalue weighted by Crippen LogP contribution is -2.30. The minimum atomic E-state index is -0.413. The Balaban J connectivity index is 2.35. The van der Waals surface area contributed by atoms with Gasteiger partial charge in [0, 0.05) is 17.7 Å². The molecular weight excluding hydrogens is 232 g/mol. The Hall–Kier alpha value is -2.11. The van der Waals surface area contributed by atoms with Crippen molar-refractivity contribution in [3.63, 3.8) is 0 Å². The van der Waals surface area contributed by atoms with Crippen LogP contribution in [0.4, 0.5) is 11.6 Å². The van der Waals surface area contributed by atoms with Gasteiger partial charge in [-0.3, -0.25) is 10.1 Å². The first-order chi connectivity index (χ1) is 8.41. The molecule has 0 saturated carbocycles. The van der Waals surface area contributed by atoms with E-state index < -0.39 is 4.92 Å². The van der Waals surface area contributed by atoms with Crippen molar-refractivity contribution in [1.29, 1.82) is 0 Å². The maximum Gasteiger partial charge on any atom is 0.271 e. The van der Waals surface area contributed by atoms with E-state index in [0.29, 0.717) is 11.5 Å². The van der Waals surface area contributed by atoms with Crippen molar-refractivity contribution in [2.75, 3.05) is 5.32 Å². The standard InChI is InChI=1S/C12H16N4O2/c1-4-12(2,3)15-11-13-9-6-5-8(16(17)18)7-10(9)14-11/h5-7H,4H2,1-3H3,(H2,13,14,15). The normalized spacial score (nSPS) is 11.7. The molecule has 0 saturated heterocycles. The highest BCUT2D eigenvalue weighted by Crippen LogP contribution is 2.22. The topological polar surface area (TPSA) is 83.8 Å². The van der Waals surface area contributed by atoms with Gasteiger partial charge >= 0.3 is 0 Å². The molecule has 0 aliphatic rings. The van der Waals surface area contributed by atoms with Crippen molar-refractivity contribution in [2.45, 2.75) is 32.7 Å². The first-order valence-corrected chi connectivity index (χ1v) is 5.83. The molecule has 96 valence electrons. The summed E-state index contributed by atoms with van der Waals surface area (Å²) in [7, 11) is 0. The Kier molecular flexibility index (Phi) is 2.94. The van der Waals surface area contributed by atoms with E-state index in [9.17, 15) is 10.1 Å². The van der Waals surface area contributed by atoms with E-state index in [1.54, 1.807) is 6.07 Å². The molecule has 0 spiro atoms. The number of nitrogens with one attached hydrogen (secondary N) is 2. The largest absolute Gasteiger partial charge is 0.351 e. The number of imidazole rings is 1. The summed E-state index contributed by atoms with van der Waals surface area (Å²) in [5.41, 5.74) is 1.38. The molecular formula is C12H16N4O2. The smallest absolute Gasteiger partial charge is 0.271 e. The summed E-state index contributed by atoms with van der Waals surface area (Å²) in [6.07, 6.45) is 0.949. The first-order valence-electron chi connectivity index (χ1n) is 5.83. The predicted molar refractivity (Wildman–Crippen MR) is 70.7 cm³/mol. The molecule has 0 aliphatic heterocycles. The number of benzene rings is 1. The van der Waals surface area contributed by atoms with E-state index in [2.05, 4.69) is 36.1 Å². The maximum atomic E-state index is 10.7. The second-order valence-electron chi connectivity index (χ2n) is 4.91. The quantitative estimate of drug-likeness (QED) is 0.643. The fraction of sp³-hybridized carbons (Fsp3) is 0.417. The zero-order valence-corrected chi connectivity index (χ0v) is 10.7.